The number of carboxylic acids is 2. The Kier molecular flexibility index (Phi) is 33.0. The van der Waals surface area contributed by atoms with Crippen molar-refractivity contribution in [2.45, 2.75) is 98.3 Å². The average Bonchev–Trinajstić information content (AvgIpc) is 2.65. The van der Waals surface area contributed by atoms with E-state index in [0.717, 1.165) is 19.3 Å². The Hall–Kier alpha value is -1.74. The van der Waals surface area contributed by atoms with Crippen LogP contribution in [0.1, 0.15) is 98.3 Å². The number of unbranched alkanes of at least 4 members (excludes halogenated alkanes) is 1. The first-order chi connectivity index (χ1) is 15.0. The molecule has 33 heavy (non-hydrogen) atoms. The maximum absolute atomic E-state index is 11.0. The molecule has 0 atom stereocenters. The van der Waals surface area contributed by atoms with Gasteiger partial charge in [-0.1, -0.05) is 34.1 Å². The van der Waals surface area contributed by atoms with E-state index >= 15 is 0 Å². The first kappa shape index (κ1) is 38.5. The van der Waals surface area contributed by atoms with Crippen LogP contribution in [0.2, 0.25) is 0 Å². The molecule has 0 rings (SSSR count). The minimum atomic E-state index is -1.28. The third-order valence-electron chi connectivity index (χ3n) is 3.34. The second-order valence-electron chi connectivity index (χ2n) is 6.77. The van der Waals surface area contributed by atoms with Gasteiger partial charge in [-0.25, -0.2) is 4.79 Å². The zero-order chi connectivity index (χ0) is 25.4. The summed E-state index contributed by atoms with van der Waals surface area (Å²) in [6.45, 7) is 7.95. The molecule has 188 valence electrons. The fourth-order valence-electron chi connectivity index (χ4n) is 1.92. The number of rotatable bonds is 16. The largest absolute Gasteiger partial charge is 2.00 e. The van der Waals surface area contributed by atoms with Gasteiger partial charge in [0, 0.05) is 44.0 Å². The van der Waals surface area contributed by atoms with Crippen molar-refractivity contribution >= 4 is 35.3 Å². The molecule has 0 saturated heterocycles. The molecule has 10 nitrogen and oxygen atoms in total. The number of Topliss-reactive ketones (excluding diaryl/α,β-unsaturated/α-hetero) is 3. The summed E-state index contributed by atoms with van der Waals surface area (Å²) in [7, 11) is 0. The van der Waals surface area contributed by atoms with E-state index in [1.807, 2.05) is 27.7 Å². The van der Waals surface area contributed by atoms with Crippen LogP contribution in [0.3, 0.4) is 0 Å². The zero-order valence-corrected chi connectivity index (χ0v) is 22.5. The molecule has 0 aliphatic carbocycles. The van der Waals surface area contributed by atoms with E-state index in [9.17, 15) is 39.0 Å². The third-order valence-corrected chi connectivity index (χ3v) is 3.34. The second kappa shape index (κ2) is 28.3. The number of carboxylic acid groups (broad SMARTS) is 2. The normalized spacial score (nSPS) is 9.09. The SMILES string of the molecule is CCCC(=O)CC(=O)[O-].CCCC(=O)CC(=O)[O-].CCCCOOC(=O)CC(=O)CCC.[Zr+2]. The van der Waals surface area contributed by atoms with Crippen molar-refractivity contribution in [3.63, 3.8) is 0 Å². The van der Waals surface area contributed by atoms with Crippen LogP contribution in [0.15, 0.2) is 0 Å². The Morgan fingerprint density at radius 3 is 1.27 bits per heavy atom. The summed E-state index contributed by atoms with van der Waals surface area (Å²) in [6, 6.07) is 0. The van der Waals surface area contributed by atoms with Crippen molar-refractivity contribution in [3.8, 4) is 0 Å². The number of carbonyl (C=O) groups is 6. The number of ketones is 3. The van der Waals surface area contributed by atoms with Gasteiger partial charge in [0.15, 0.2) is 0 Å². The van der Waals surface area contributed by atoms with Gasteiger partial charge < -0.3 is 19.8 Å². The molecular formula is C22H36O10Zr. The van der Waals surface area contributed by atoms with Crippen LogP contribution in [0.25, 0.3) is 0 Å². The monoisotopic (exact) mass is 550 g/mol. The van der Waals surface area contributed by atoms with Crippen LogP contribution in [0.5, 0.6) is 0 Å². The molecule has 0 heterocycles. The van der Waals surface area contributed by atoms with Crippen molar-refractivity contribution in [1.29, 1.82) is 0 Å². The quantitative estimate of drug-likeness (QED) is 0.117. The van der Waals surface area contributed by atoms with E-state index in [1.165, 1.54) is 0 Å². The third kappa shape index (κ3) is 37.9. The second-order valence-corrected chi connectivity index (χ2v) is 6.77. The first-order valence-corrected chi connectivity index (χ1v) is 10.8. The van der Waals surface area contributed by atoms with E-state index in [-0.39, 0.29) is 50.0 Å². The molecule has 0 bridgehead atoms. The van der Waals surface area contributed by atoms with E-state index in [0.29, 0.717) is 38.7 Å². The number of hydrogen-bond acceptors (Lipinski definition) is 10. The topological polar surface area (TPSA) is 167 Å². The van der Waals surface area contributed by atoms with Crippen LogP contribution < -0.4 is 10.2 Å². The smallest absolute Gasteiger partial charge is 0.550 e. The molecule has 0 radical (unpaired) electrons. The minimum absolute atomic E-state index is 0. The molecule has 0 fully saturated rings. The fourth-order valence-corrected chi connectivity index (χ4v) is 1.92. The molecule has 0 unspecified atom stereocenters. The maximum Gasteiger partial charge on any atom is 2.00 e. The molecule has 0 aromatic rings. The zero-order valence-electron chi connectivity index (χ0n) is 20.1. The average molecular weight is 552 g/mol. The molecule has 0 aliphatic heterocycles. The Morgan fingerprint density at radius 1 is 0.606 bits per heavy atom. The van der Waals surface area contributed by atoms with Crippen LogP contribution in [0.4, 0.5) is 0 Å². The molecule has 0 N–H and O–H groups in total. The molecule has 0 aliphatic rings. The van der Waals surface area contributed by atoms with Gasteiger partial charge in [0.05, 0.1) is 6.61 Å². The van der Waals surface area contributed by atoms with Crippen LogP contribution in [-0.2, 0) is 64.7 Å². The molecule has 11 heteroatoms. The molecular weight excluding hydrogens is 515 g/mol. The number of carbonyl (C=O) groups excluding carboxylic acids is 6. The molecule has 0 aromatic carbocycles. The Balaban J connectivity index is -0.000000196. The van der Waals surface area contributed by atoms with Crippen molar-refractivity contribution in [2.75, 3.05) is 6.61 Å². The summed E-state index contributed by atoms with van der Waals surface area (Å²) < 4.78 is 0. The summed E-state index contributed by atoms with van der Waals surface area (Å²) in [6.07, 6.45) is 4.02. The van der Waals surface area contributed by atoms with Crippen molar-refractivity contribution in [1.82, 2.24) is 0 Å². The van der Waals surface area contributed by atoms with Gasteiger partial charge >= 0.3 is 32.2 Å². The van der Waals surface area contributed by atoms with Crippen LogP contribution in [0, 0.1) is 0 Å². The summed E-state index contributed by atoms with van der Waals surface area (Å²) in [4.78, 5) is 71.3. The minimum Gasteiger partial charge on any atom is -0.550 e. The van der Waals surface area contributed by atoms with Gasteiger partial charge in [-0.2, -0.15) is 4.89 Å². The van der Waals surface area contributed by atoms with Gasteiger partial charge in [-0.15, -0.1) is 0 Å². The van der Waals surface area contributed by atoms with Crippen molar-refractivity contribution in [2.24, 2.45) is 0 Å². The molecule has 0 aromatic heterocycles. The maximum atomic E-state index is 11.0. The summed E-state index contributed by atoms with van der Waals surface area (Å²) >= 11 is 0. The number of hydrogen-bond donors (Lipinski definition) is 0. The van der Waals surface area contributed by atoms with E-state index in [2.05, 4.69) is 9.78 Å². The van der Waals surface area contributed by atoms with E-state index in [1.54, 1.807) is 0 Å². The molecule has 0 saturated carbocycles. The summed E-state index contributed by atoms with van der Waals surface area (Å²) in [5.74, 6) is -3.77. The van der Waals surface area contributed by atoms with Crippen LogP contribution in [-0.4, -0.2) is 41.9 Å². The van der Waals surface area contributed by atoms with Gasteiger partial charge in [0.2, 0.25) is 0 Å². The van der Waals surface area contributed by atoms with E-state index in [4.69, 9.17) is 0 Å². The predicted octanol–water partition coefficient (Wildman–Crippen LogP) is 1.01. The van der Waals surface area contributed by atoms with E-state index < -0.39 is 30.7 Å². The number of aliphatic carboxylic acids is 2. The summed E-state index contributed by atoms with van der Waals surface area (Å²) in [5, 5.41) is 19.5. The van der Waals surface area contributed by atoms with Crippen molar-refractivity contribution < 1.29 is 75.0 Å². The predicted molar refractivity (Wildman–Crippen MR) is 111 cm³/mol. The summed E-state index contributed by atoms with van der Waals surface area (Å²) in [5.41, 5.74) is 0. The van der Waals surface area contributed by atoms with Gasteiger partial charge in [-0.3, -0.25) is 19.3 Å². The Morgan fingerprint density at radius 2 is 0.970 bits per heavy atom. The van der Waals surface area contributed by atoms with Gasteiger partial charge in [-0.05, 0) is 25.7 Å². The molecule has 0 amide bonds. The van der Waals surface area contributed by atoms with Crippen molar-refractivity contribution in [3.05, 3.63) is 0 Å². The Bertz CT molecular complexity index is 546. The molecule has 0 spiro atoms. The standard InChI is InChI=1S/C10H18O4.2C6H10O3.Zr/c1-3-5-7-13-14-10(12)8-9(11)6-4-2;2*1-2-3-5(7)4-6(8)9;/h3-8H2,1-2H3;2*2-4H2,1H3,(H,8,9);/q;;;+2/p-2. The fraction of sp³-hybridized carbons (Fsp3) is 0.727. The van der Waals surface area contributed by atoms with Gasteiger partial charge in [0.25, 0.3) is 0 Å². The Labute approximate surface area is 214 Å². The van der Waals surface area contributed by atoms with Gasteiger partial charge in [0.1, 0.15) is 23.8 Å². The van der Waals surface area contributed by atoms with Crippen LogP contribution >= 0.6 is 0 Å². The first-order valence-electron chi connectivity index (χ1n) is 10.8.